The van der Waals surface area contributed by atoms with Crippen molar-refractivity contribution in [1.29, 1.82) is 0 Å². The third-order valence-corrected chi connectivity index (χ3v) is 3.87. The molecule has 25 heavy (non-hydrogen) atoms. The predicted octanol–water partition coefficient (Wildman–Crippen LogP) is 4.28. The van der Waals surface area contributed by atoms with Crippen LogP contribution in [-0.2, 0) is 4.79 Å². The molecule has 0 aliphatic heterocycles. The van der Waals surface area contributed by atoms with Crippen LogP contribution in [0.15, 0.2) is 42.5 Å². The summed E-state index contributed by atoms with van der Waals surface area (Å²) in [5, 5.41) is 6.43. The Morgan fingerprint density at radius 1 is 1.20 bits per heavy atom. The van der Waals surface area contributed by atoms with Crippen LogP contribution in [0.1, 0.15) is 6.92 Å². The number of carbonyl (C=O) groups excluding carboxylic acids is 1. The Morgan fingerprint density at radius 3 is 2.64 bits per heavy atom. The Kier molecular flexibility index (Phi) is 6.87. The smallest absolute Gasteiger partial charge is 0.266 e. The number of methoxy groups -OCH3 is 1. The fourth-order valence-corrected chi connectivity index (χ4v) is 2.56. The molecule has 0 fully saturated rings. The first kappa shape index (κ1) is 19.3. The van der Waals surface area contributed by atoms with Crippen molar-refractivity contribution in [1.82, 2.24) is 5.32 Å². The first-order valence-corrected chi connectivity index (χ1v) is 8.43. The predicted molar refractivity (Wildman–Crippen MR) is 104 cm³/mol. The maximum Gasteiger partial charge on any atom is 0.266 e. The van der Waals surface area contributed by atoms with Crippen molar-refractivity contribution >= 4 is 52.1 Å². The molecule has 0 saturated carbocycles. The highest BCUT2D eigenvalue weighted by Crippen LogP contribution is 2.28. The molecule has 2 N–H and O–H groups in total. The van der Waals surface area contributed by atoms with E-state index in [1.807, 2.05) is 0 Å². The summed E-state index contributed by atoms with van der Waals surface area (Å²) in [4.78, 5) is 12.2. The van der Waals surface area contributed by atoms with Crippen LogP contribution in [0.5, 0.6) is 11.5 Å². The summed E-state index contributed by atoms with van der Waals surface area (Å²) in [6.07, 6.45) is -0.802. The van der Waals surface area contributed by atoms with Gasteiger partial charge < -0.3 is 14.8 Å². The van der Waals surface area contributed by atoms with Crippen molar-refractivity contribution in [3.8, 4) is 11.5 Å². The maximum absolute atomic E-state index is 12.2. The monoisotopic (exact) mass is 398 g/mol. The Balaban J connectivity index is 1.92. The van der Waals surface area contributed by atoms with Gasteiger partial charge in [-0.05, 0) is 49.5 Å². The Labute approximate surface area is 161 Å². The number of nitrogens with one attached hydrogen (secondary N) is 2. The fraction of sp³-hybridized carbons (Fsp3) is 0.176. The summed E-state index contributed by atoms with van der Waals surface area (Å²) in [6, 6.07) is 11.9. The highest BCUT2D eigenvalue weighted by Gasteiger charge is 2.17. The third kappa shape index (κ3) is 5.77. The molecule has 0 radical (unpaired) electrons. The van der Waals surface area contributed by atoms with Crippen molar-refractivity contribution in [2.75, 3.05) is 12.4 Å². The highest BCUT2D eigenvalue weighted by atomic mass is 35.5. The van der Waals surface area contributed by atoms with Gasteiger partial charge in [0.15, 0.2) is 11.2 Å². The molecule has 0 spiro atoms. The number of hydrogen-bond donors (Lipinski definition) is 2. The number of hydrogen-bond acceptors (Lipinski definition) is 4. The van der Waals surface area contributed by atoms with Crippen LogP contribution >= 0.6 is 35.4 Å². The van der Waals surface area contributed by atoms with E-state index in [4.69, 9.17) is 44.9 Å². The summed E-state index contributed by atoms with van der Waals surface area (Å²) in [6.45, 7) is 1.59. The van der Waals surface area contributed by atoms with Crippen molar-refractivity contribution in [3.05, 3.63) is 52.5 Å². The molecule has 0 heterocycles. The van der Waals surface area contributed by atoms with Crippen LogP contribution in [0.2, 0.25) is 10.0 Å². The largest absolute Gasteiger partial charge is 0.497 e. The molecule has 0 saturated heterocycles. The average Bonchev–Trinajstić information content (AvgIpc) is 2.57. The zero-order valence-corrected chi connectivity index (χ0v) is 15.8. The summed E-state index contributed by atoms with van der Waals surface area (Å²) in [7, 11) is 1.57. The van der Waals surface area contributed by atoms with Gasteiger partial charge in [0.05, 0.1) is 12.1 Å². The quantitative estimate of drug-likeness (QED) is 0.735. The van der Waals surface area contributed by atoms with Crippen molar-refractivity contribution in [2.24, 2.45) is 0 Å². The molecule has 132 valence electrons. The van der Waals surface area contributed by atoms with E-state index in [1.54, 1.807) is 50.4 Å². The molecule has 2 aromatic rings. The van der Waals surface area contributed by atoms with Gasteiger partial charge >= 0.3 is 0 Å². The number of benzene rings is 2. The molecule has 0 aromatic heterocycles. The molecule has 2 rings (SSSR count). The molecule has 1 amide bonds. The lowest BCUT2D eigenvalue weighted by molar-refractivity contribution is -0.125. The van der Waals surface area contributed by atoms with Gasteiger partial charge in [-0.1, -0.05) is 29.3 Å². The number of anilines is 1. The van der Waals surface area contributed by atoms with Crippen LogP contribution in [0, 0.1) is 0 Å². The second-order valence-corrected chi connectivity index (χ2v) is 6.26. The molecule has 1 unspecified atom stereocenters. The topological polar surface area (TPSA) is 59.6 Å². The Bertz CT molecular complexity index is 786. The molecular weight excluding hydrogens is 383 g/mol. The number of ether oxygens (including phenoxy) is 2. The number of carbonyl (C=O) groups is 1. The van der Waals surface area contributed by atoms with Gasteiger partial charge in [-0.25, -0.2) is 0 Å². The molecule has 0 aliphatic carbocycles. The molecule has 0 aliphatic rings. The molecule has 2 aromatic carbocycles. The first-order chi connectivity index (χ1) is 11.9. The van der Waals surface area contributed by atoms with Crippen LogP contribution in [0.25, 0.3) is 0 Å². The third-order valence-electron chi connectivity index (χ3n) is 3.13. The zero-order valence-electron chi connectivity index (χ0n) is 13.5. The molecule has 5 nitrogen and oxygen atoms in total. The van der Waals surface area contributed by atoms with Gasteiger partial charge in [-0.3, -0.25) is 10.1 Å². The average molecular weight is 399 g/mol. The van der Waals surface area contributed by atoms with Crippen LogP contribution in [0.4, 0.5) is 5.69 Å². The SMILES string of the molecule is COc1cccc(NC(=S)NC(=O)C(C)Oc2ccc(Cl)cc2Cl)c1. The number of rotatable bonds is 5. The minimum Gasteiger partial charge on any atom is -0.497 e. The molecule has 1 atom stereocenters. The number of thiocarbonyl (C=S) groups is 1. The van der Waals surface area contributed by atoms with Crippen molar-refractivity contribution < 1.29 is 14.3 Å². The van der Waals surface area contributed by atoms with Gasteiger partial charge in [-0.15, -0.1) is 0 Å². The lowest BCUT2D eigenvalue weighted by Gasteiger charge is -2.16. The van der Waals surface area contributed by atoms with Crippen LogP contribution in [-0.4, -0.2) is 24.2 Å². The van der Waals surface area contributed by atoms with E-state index in [9.17, 15) is 4.79 Å². The summed E-state index contributed by atoms with van der Waals surface area (Å²) in [5.41, 5.74) is 0.693. The van der Waals surface area contributed by atoms with Gasteiger partial charge in [0.1, 0.15) is 11.5 Å². The van der Waals surface area contributed by atoms with Gasteiger partial charge in [0.25, 0.3) is 5.91 Å². The van der Waals surface area contributed by atoms with E-state index in [0.717, 1.165) is 0 Å². The van der Waals surface area contributed by atoms with Crippen molar-refractivity contribution in [2.45, 2.75) is 13.0 Å². The van der Waals surface area contributed by atoms with E-state index in [0.29, 0.717) is 27.2 Å². The summed E-state index contributed by atoms with van der Waals surface area (Å²) in [5.74, 6) is 0.625. The first-order valence-electron chi connectivity index (χ1n) is 7.26. The van der Waals surface area contributed by atoms with Gasteiger partial charge in [0, 0.05) is 16.8 Å². The van der Waals surface area contributed by atoms with E-state index >= 15 is 0 Å². The standard InChI is InChI=1S/C17H16Cl2N2O3S/c1-10(24-15-7-6-11(18)8-14(15)19)16(22)21-17(25)20-12-4-3-5-13(9-12)23-2/h3-10H,1-2H3,(H2,20,21,22,25). The van der Waals surface area contributed by atoms with Gasteiger partial charge in [-0.2, -0.15) is 0 Å². The van der Waals surface area contributed by atoms with Gasteiger partial charge in [0.2, 0.25) is 0 Å². The minimum absolute atomic E-state index is 0.149. The highest BCUT2D eigenvalue weighted by molar-refractivity contribution is 7.80. The lowest BCUT2D eigenvalue weighted by Crippen LogP contribution is -2.42. The molecule has 8 heteroatoms. The number of halogens is 2. The second kappa shape index (κ2) is 8.89. The van der Waals surface area contributed by atoms with E-state index in [2.05, 4.69) is 10.6 Å². The second-order valence-electron chi connectivity index (χ2n) is 5.01. The van der Waals surface area contributed by atoms with Crippen LogP contribution in [0.3, 0.4) is 0 Å². The Morgan fingerprint density at radius 2 is 1.96 bits per heavy atom. The van der Waals surface area contributed by atoms with E-state index in [-0.39, 0.29) is 5.11 Å². The maximum atomic E-state index is 12.2. The van der Waals surface area contributed by atoms with Crippen LogP contribution < -0.4 is 20.1 Å². The zero-order chi connectivity index (χ0) is 18.4. The fourth-order valence-electron chi connectivity index (χ4n) is 1.89. The molecular formula is C17H16Cl2N2O3S. The summed E-state index contributed by atoms with van der Waals surface area (Å²) < 4.78 is 10.7. The van der Waals surface area contributed by atoms with Crippen molar-refractivity contribution in [3.63, 3.8) is 0 Å². The molecule has 0 bridgehead atoms. The lowest BCUT2D eigenvalue weighted by atomic mass is 10.3. The minimum atomic E-state index is -0.802. The van der Waals surface area contributed by atoms with E-state index in [1.165, 1.54) is 6.07 Å². The van der Waals surface area contributed by atoms with E-state index < -0.39 is 12.0 Å². The summed E-state index contributed by atoms with van der Waals surface area (Å²) >= 11 is 17.0. The number of amides is 1. The Hall–Kier alpha value is -2.02. The normalized spacial score (nSPS) is 11.4.